The predicted octanol–water partition coefficient (Wildman–Crippen LogP) is 3.57. The number of nitrogens with one attached hydrogen (secondary N) is 1. The van der Waals surface area contributed by atoms with E-state index in [2.05, 4.69) is 17.6 Å². The molecule has 2 bridgehead atoms. The van der Waals surface area contributed by atoms with Crippen LogP contribution in [0.3, 0.4) is 0 Å². The van der Waals surface area contributed by atoms with Crippen LogP contribution in [0.25, 0.3) is 0 Å². The maximum Gasteiger partial charge on any atom is 0.217 e. The summed E-state index contributed by atoms with van der Waals surface area (Å²) in [6.07, 6.45) is 5.13. The van der Waals surface area contributed by atoms with E-state index in [-0.39, 0.29) is 23.6 Å². The molecule has 4 nitrogen and oxygen atoms in total. The number of aromatic nitrogens is 1. The van der Waals surface area contributed by atoms with Crippen molar-refractivity contribution in [2.24, 2.45) is 0 Å². The molecule has 0 amide bonds. The van der Waals surface area contributed by atoms with E-state index in [1.54, 1.807) is 18.2 Å². The van der Waals surface area contributed by atoms with Gasteiger partial charge >= 0.3 is 0 Å². The molecule has 0 spiro atoms. The molecule has 20 heavy (non-hydrogen) atoms. The van der Waals surface area contributed by atoms with Gasteiger partial charge in [0.15, 0.2) is 0 Å². The molecule has 2 aliphatic carbocycles. The smallest absolute Gasteiger partial charge is 0.217 e. The van der Waals surface area contributed by atoms with Crippen LogP contribution >= 0.6 is 11.6 Å². The maximum absolute atomic E-state index is 10.4. The highest BCUT2D eigenvalue weighted by Gasteiger charge is 2.41. The van der Waals surface area contributed by atoms with Crippen molar-refractivity contribution in [3.05, 3.63) is 52.6 Å². The Morgan fingerprint density at radius 3 is 2.35 bits per heavy atom. The monoisotopic (exact) mass is 288 g/mol. The summed E-state index contributed by atoms with van der Waals surface area (Å²) in [6.45, 7) is 0. The van der Waals surface area contributed by atoms with Gasteiger partial charge in [0, 0.05) is 28.0 Å². The van der Waals surface area contributed by atoms with E-state index >= 15 is 0 Å². The lowest BCUT2D eigenvalue weighted by Gasteiger charge is -2.12. The van der Waals surface area contributed by atoms with Crippen molar-refractivity contribution in [3.8, 4) is 11.8 Å². The summed E-state index contributed by atoms with van der Waals surface area (Å²) in [7, 11) is 0. The first-order valence-electron chi connectivity index (χ1n) is 6.52. The molecule has 2 aliphatic rings. The van der Waals surface area contributed by atoms with E-state index in [9.17, 15) is 10.2 Å². The fourth-order valence-electron chi connectivity index (χ4n) is 3.23. The second-order valence-electron chi connectivity index (χ2n) is 5.27. The van der Waals surface area contributed by atoms with Crippen LogP contribution in [0.15, 0.2) is 36.4 Å². The second-order valence-corrected chi connectivity index (χ2v) is 5.70. The molecule has 0 fully saturated rings. The molecule has 1 aromatic heterocycles. The highest BCUT2D eigenvalue weighted by molar-refractivity contribution is 6.30. The minimum absolute atomic E-state index is 0.0781. The number of benzene rings is 1. The Hall–Kier alpha value is -2.07. The Balaban J connectivity index is 1.78. The van der Waals surface area contributed by atoms with Crippen molar-refractivity contribution in [2.75, 3.05) is 5.43 Å². The van der Waals surface area contributed by atoms with Crippen LogP contribution in [0.2, 0.25) is 5.02 Å². The molecule has 0 saturated heterocycles. The van der Waals surface area contributed by atoms with Gasteiger partial charge in [-0.05, 0) is 24.6 Å². The van der Waals surface area contributed by atoms with Crippen molar-refractivity contribution in [1.29, 1.82) is 0 Å². The molecule has 0 saturated carbocycles. The summed E-state index contributed by atoms with van der Waals surface area (Å²) < 4.78 is 1.32. The minimum Gasteiger partial charge on any atom is -0.493 e. The Morgan fingerprint density at radius 1 is 1.10 bits per heavy atom. The molecule has 1 heterocycles. The maximum atomic E-state index is 10.4. The second kappa shape index (κ2) is 3.96. The Bertz CT molecular complexity index is 700. The quantitative estimate of drug-likeness (QED) is 0.741. The van der Waals surface area contributed by atoms with Gasteiger partial charge in [-0.2, -0.15) is 4.68 Å². The predicted molar refractivity (Wildman–Crippen MR) is 77.5 cm³/mol. The van der Waals surface area contributed by atoms with Crippen molar-refractivity contribution < 1.29 is 10.2 Å². The van der Waals surface area contributed by atoms with Crippen LogP contribution < -0.4 is 5.43 Å². The molecular formula is C15H13ClN2O2. The fraction of sp³-hybridized carbons (Fsp3) is 0.200. The van der Waals surface area contributed by atoms with Gasteiger partial charge in [0.25, 0.3) is 0 Å². The third kappa shape index (κ3) is 1.48. The average molecular weight is 289 g/mol. The van der Waals surface area contributed by atoms with E-state index in [0.29, 0.717) is 10.7 Å². The van der Waals surface area contributed by atoms with Gasteiger partial charge in [-0.25, -0.2) is 0 Å². The van der Waals surface area contributed by atoms with E-state index in [0.717, 1.165) is 17.5 Å². The molecule has 1 aromatic carbocycles. The first kappa shape index (κ1) is 11.7. The van der Waals surface area contributed by atoms with E-state index in [4.69, 9.17) is 11.6 Å². The number of hydrogen-bond donors (Lipinski definition) is 3. The van der Waals surface area contributed by atoms with Gasteiger partial charge < -0.3 is 10.2 Å². The molecule has 102 valence electrons. The first-order chi connectivity index (χ1) is 9.65. The normalized spacial score (nSPS) is 22.2. The van der Waals surface area contributed by atoms with Gasteiger partial charge in [0.2, 0.25) is 11.8 Å². The molecule has 2 aromatic rings. The van der Waals surface area contributed by atoms with Crippen LogP contribution in [-0.4, -0.2) is 14.9 Å². The molecule has 5 heteroatoms. The van der Waals surface area contributed by atoms with E-state index in [1.165, 1.54) is 4.68 Å². The summed E-state index contributed by atoms with van der Waals surface area (Å²) in [5.74, 6) is 0.579. The number of fused-ring (bicyclic) bond motifs is 5. The number of aromatic hydroxyl groups is 2. The van der Waals surface area contributed by atoms with Crippen LogP contribution in [0.5, 0.6) is 11.8 Å². The van der Waals surface area contributed by atoms with E-state index in [1.807, 2.05) is 6.07 Å². The minimum atomic E-state index is 0.0781. The zero-order valence-corrected chi connectivity index (χ0v) is 11.3. The summed E-state index contributed by atoms with van der Waals surface area (Å²) in [6, 6.07) is 7.13. The standard InChI is InChI=1S/C15H13ClN2O2/c16-10-2-1-3-11(7-10)17-18-14(19)12-8-4-5-9(6-8)13(12)15(18)20/h1-5,7-9,17,19-20H,6H2/t8-,9+. The molecule has 3 N–H and O–H groups in total. The van der Waals surface area contributed by atoms with Crippen molar-refractivity contribution in [1.82, 2.24) is 4.68 Å². The summed E-state index contributed by atoms with van der Waals surface area (Å²) in [4.78, 5) is 0. The van der Waals surface area contributed by atoms with Crippen molar-refractivity contribution >= 4 is 17.3 Å². The Labute approximate surface area is 120 Å². The zero-order chi connectivity index (χ0) is 13.9. The molecule has 4 rings (SSSR count). The van der Waals surface area contributed by atoms with Crippen LogP contribution in [0, 0.1) is 0 Å². The zero-order valence-electron chi connectivity index (χ0n) is 10.5. The van der Waals surface area contributed by atoms with Gasteiger partial charge in [-0.1, -0.05) is 29.8 Å². The van der Waals surface area contributed by atoms with Crippen LogP contribution in [0.4, 0.5) is 5.69 Å². The lowest BCUT2D eigenvalue weighted by molar-refractivity contribution is 0.386. The molecule has 0 radical (unpaired) electrons. The van der Waals surface area contributed by atoms with Gasteiger partial charge in [-0.3, -0.25) is 5.43 Å². The summed E-state index contributed by atoms with van der Waals surface area (Å²) in [5.41, 5.74) is 5.36. The van der Waals surface area contributed by atoms with Gasteiger partial charge in [0.05, 0.1) is 5.69 Å². The Morgan fingerprint density at radius 2 is 1.75 bits per heavy atom. The first-order valence-corrected chi connectivity index (χ1v) is 6.90. The third-order valence-electron chi connectivity index (χ3n) is 4.09. The SMILES string of the molecule is Oc1c2c(c(O)n1Nc1cccc(Cl)c1)[C@H]1C=C[C@@H]2C1. The molecule has 0 aliphatic heterocycles. The largest absolute Gasteiger partial charge is 0.493 e. The van der Waals surface area contributed by atoms with Crippen LogP contribution in [0.1, 0.15) is 29.4 Å². The fourth-order valence-corrected chi connectivity index (χ4v) is 3.42. The number of nitrogens with zero attached hydrogens (tertiary/aromatic N) is 1. The third-order valence-corrected chi connectivity index (χ3v) is 4.32. The lowest BCUT2D eigenvalue weighted by Crippen LogP contribution is -2.08. The van der Waals surface area contributed by atoms with Crippen LogP contribution in [-0.2, 0) is 0 Å². The van der Waals surface area contributed by atoms with Gasteiger partial charge in [0.1, 0.15) is 0 Å². The number of halogens is 1. The Kier molecular flexibility index (Phi) is 2.32. The topological polar surface area (TPSA) is 57.4 Å². The molecule has 2 atom stereocenters. The lowest BCUT2D eigenvalue weighted by atomic mass is 10.0. The molecular weight excluding hydrogens is 276 g/mol. The van der Waals surface area contributed by atoms with E-state index < -0.39 is 0 Å². The number of anilines is 1. The number of hydrogen-bond acceptors (Lipinski definition) is 3. The summed E-state index contributed by atoms with van der Waals surface area (Å²) in [5, 5.41) is 21.3. The molecule has 0 unspecified atom stereocenters. The van der Waals surface area contributed by atoms with Gasteiger partial charge in [-0.15, -0.1) is 0 Å². The summed E-state index contributed by atoms with van der Waals surface area (Å²) >= 11 is 5.94. The number of rotatable bonds is 2. The van der Waals surface area contributed by atoms with Crippen molar-refractivity contribution in [3.63, 3.8) is 0 Å². The highest BCUT2D eigenvalue weighted by Crippen LogP contribution is 2.56. The average Bonchev–Trinajstić information content (AvgIpc) is 3.09. The highest BCUT2D eigenvalue weighted by atomic mass is 35.5. The van der Waals surface area contributed by atoms with Crippen molar-refractivity contribution in [2.45, 2.75) is 18.3 Å². The number of allylic oxidation sites excluding steroid dienone is 2.